The first-order valence-corrected chi connectivity index (χ1v) is 9.03. The molecule has 0 saturated heterocycles. The molecule has 0 bridgehead atoms. The van der Waals surface area contributed by atoms with Gasteiger partial charge in [-0.25, -0.2) is 0 Å². The van der Waals surface area contributed by atoms with Crippen LogP contribution in [0, 0.1) is 5.92 Å². The first-order valence-electron chi connectivity index (χ1n) is 9.03. The van der Waals surface area contributed by atoms with E-state index in [1.165, 1.54) is 0 Å². The van der Waals surface area contributed by atoms with Crippen LogP contribution in [0.15, 0.2) is 0 Å². The van der Waals surface area contributed by atoms with Crippen molar-refractivity contribution in [1.29, 1.82) is 0 Å². The van der Waals surface area contributed by atoms with Crippen LogP contribution in [0.25, 0.3) is 0 Å². The highest BCUT2D eigenvalue weighted by Crippen LogP contribution is 2.11. The van der Waals surface area contributed by atoms with Crippen molar-refractivity contribution in [2.24, 2.45) is 5.92 Å². The highest BCUT2D eigenvalue weighted by atomic mass is 16.2. The van der Waals surface area contributed by atoms with Crippen LogP contribution in [-0.4, -0.2) is 23.9 Å². The van der Waals surface area contributed by atoms with Crippen molar-refractivity contribution >= 4 is 11.8 Å². The largest absolute Gasteiger partial charge is 0.352 e. The van der Waals surface area contributed by atoms with Crippen LogP contribution in [0.3, 0.4) is 0 Å². The van der Waals surface area contributed by atoms with E-state index >= 15 is 0 Å². The summed E-state index contributed by atoms with van der Waals surface area (Å²) in [5.41, 5.74) is 0. The Kier molecular flexibility index (Phi) is 11.9. The fourth-order valence-corrected chi connectivity index (χ4v) is 2.40. The van der Waals surface area contributed by atoms with Gasteiger partial charge in [0.05, 0.1) is 0 Å². The molecule has 2 atom stereocenters. The van der Waals surface area contributed by atoms with Crippen molar-refractivity contribution in [2.75, 3.05) is 0 Å². The molecule has 0 aliphatic carbocycles. The second kappa shape index (κ2) is 12.5. The Bertz CT molecular complexity index is 316. The van der Waals surface area contributed by atoms with Crippen molar-refractivity contribution in [3.05, 3.63) is 0 Å². The van der Waals surface area contributed by atoms with Crippen molar-refractivity contribution in [3.63, 3.8) is 0 Å². The molecule has 0 aliphatic rings. The van der Waals surface area contributed by atoms with Gasteiger partial charge in [-0.15, -0.1) is 0 Å². The van der Waals surface area contributed by atoms with Gasteiger partial charge in [0.25, 0.3) is 0 Å². The van der Waals surface area contributed by atoms with E-state index < -0.39 is 6.04 Å². The fourth-order valence-electron chi connectivity index (χ4n) is 2.40. The lowest BCUT2D eigenvalue weighted by molar-refractivity contribution is -0.131. The summed E-state index contributed by atoms with van der Waals surface area (Å²) in [6, 6.07) is -0.296. The molecule has 0 radical (unpaired) electrons. The second-order valence-electron chi connectivity index (χ2n) is 6.62. The highest BCUT2D eigenvalue weighted by molar-refractivity contribution is 5.88. The number of carbonyl (C=O) groups is 2. The average molecular weight is 312 g/mol. The zero-order valence-corrected chi connectivity index (χ0v) is 15.2. The van der Waals surface area contributed by atoms with Crippen LogP contribution in [-0.2, 0) is 9.59 Å². The molecule has 2 unspecified atom stereocenters. The van der Waals surface area contributed by atoms with E-state index in [0.29, 0.717) is 0 Å². The molecular weight excluding hydrogens is 276 g/mol. The number of hydrogen-bond acceptors (Lipinski definition) is 2. The molecule has 22 heavy (non-hydrogen) atoms. The number of carbonyl (C=O) groups excluding carboxylic acids is 2. The Morgan fingerprint density at radius 2 is 1.32 bits per heavy atom. The molecule has 4 nitrogen and oxygen atoms in total. The molecular formula is C18H36N2O2. The normalized spacial score (nSPS) is 13.7. The van der Waals surface area contributed by atoms with Gasteiger partial charge in [-0.05, 0) is 26.7 Å². The maximum atomic E-state index is 12.3. The van der Waals surface area contributed by atoms with E-state index in [2.05, 4.69) is 24.5 Å². The number of hydrogen-bond donors (Lipinski definition) is 2. The lowest BCUT2D eigenvalue weighted by atomic mass is 10.0. The number of nitrogens with one attached hydrogen (secondary N) is 2. The standard InChI is InChI=1S/C18H36N2O2/c1-6-8-10-12-15(5)17(21)20-16(13-11-9-7-2)18(22)19-14(3)4/h14-16H,6-13H2,1-5H3,(H,19,22)(H,20,21). The predicted molar refractivity (Wildman–Crippen MR) is 92.7 cm³/mol. The van der Waals surface area contributed by atoms with E-state index in [-0.39, 0.29) is 23.8 Å². The van der Waals surface area contributed by atoms with Gasteiger partial charge in [0, 0.05) is 12.0 Å². The van der Waals surface area contributed by atoms with Crippen LogP contribution in [0.2, 0.25) is 0 Å². The summed E-state index contributed by atoms with van der Waals surface area (Å²) in [6.45, 7) is 10.1. The van der Waals surface area contributed by atoms with Crippen molar-refractivity contribution in [2.45, 2.75) is 98.1 Å². The van der Waals surface area contributed by atoms with Crippen LogP contribution >= 0.6 is 0 Å². The summed E-state index contributed by atoms with van der Waals surface area (Å²) in [7, 11) is 0. The topological polar surface area (TPSA) is 58.2 Å². The molecule has 0 saturated carbocycles. The summed E-state index contributed by atoms with van der Waals surface area (Å²) in [6.07, 6.45) is 8.18. The summed E-state index contributed by atoms with van der Waals surface area (Å²) >= 11 is 0. The molecule has 0 aliphatic heterocycles. The number of rotatable bonds is 12. The maximum absolute atomic E-state index is 12.3. The van der Waals surface area contributed by atoms with Gasteiger partial charge in [0.15, 0.2) is 0 Å². The molecule has 0 spiro atoms. The molecule has 0 fully saturated rings. The van der Waals surface area contributed by atoms with E-state index in [0.717, 1.165) is 51.4 Å². The zero-order chi connectivity index (χ0) is 17.0. The first-order chi connectivity index (χ1) is 10.4. The Morgan fingerprint density at radius 3 is 1.82 bits per heavy atom. The summed E-state index contributed by atoms with van der Waals surface area (Å²) < 4.78 is 0. The van der Waals surface area contributed by atoms with Crippen molar-refractivity contribution in [1.82, 2.24) is 10.6 Å². The summed E-state index contributed by atoms with van der Waals surface area (Å²) in [4.78, 5) is 24.5. The van der Waals surface area contributed by atoms with Crippen LogP contribution in [0.5, 0.6) is 0 Å². The first kappa shape index (κ1) is 20.9. The molecule has 4 heteroatoms. The van der Waals surface area contributed by atoms with Gasteiger partial charge in [-0.2, -0.15) is 0 Å². The van der Waals surface area contributed by atoms with E-state index in [1.807, 2.05) is 20.8 Å². The van der Waals surface area contributed by atoms with Gasteiger partial charge < -0.3 is 10.6 Å². The molecule has 0 aromatic rings. The fraction of sp³-hybridized carbons (Fsp3) is 0.889. The predicted octanol–water partition coefficient (Wildman–Crippen LogP) is 3.79. The maximum Gasteiger partial charge on any atom is 0.242 e. The van der Waals surface area contributed by atoms with E-state index in [4.69, 9.17) is 0 Å². The van der Waals surface area contributed by atoms with Gasteiger partial charge in [0.1, 0.15) is 6.04 Å². The quantitative estimate of drug-likeness (QED) is 0.539. The molecule has 2 N–H and O–H groups in total. The van der Waals surface area contributed by atoms with Crippen LogP contribution in [0.4, 0.5) is 0 Å². The van der Waals surface area contributed by atoms with Gasteiger partial charge in [0.2, 0.25) is 11.8 Å². The molecule has 2 amide bonds. The zero-order valence-electron chi connectivity index (χ0n) is 15.2. The van der Waals surface area contributed by atoms with Crippen LogP contribution < -0.4 is 10.6 Å². The SMILES string of the molecule is CCCCCC(C)C(=O)NC(CCCCC)C(=O)NC(C)C. The minimum absolute atomic E-state index is 0.0107. The Labute approximate surface area is 136 Å². The monoisotopic (exact) mass is 312 g/mol. The van der Waals surface area contributed by atoms with Crippen molar-refractivity contribution in [3.8, 4) is 0 Å². The summed E-state index contributed by atoms with van der Waals surface area (Å²) in [5.74, 6) is -0.0659. The molecule has 0 aromatic heterocycles. The van der Waals surface area contributed by atoms with Gasteiger partial charge in [-0.3, -0.25) is 9.59 Å². The third kappa shape index (κ3) is 9.80. The molecule has 0 aromatic carbocycles. The summed E-state index contributed by atoms with van der Waals surface area (Å²) in [5, 5.41) is 5.87. The Balaban J connectivity index is 4.46. The Morgan fingerprint density at radius 1 is 0.773 bits per heavy atom. The minimum atomic E-state index is -0.393. The van der Waals surface area contributed by atoms with Gasteiger partial charge in [-0.1, -0.05) is 59.3 Å². The Hall–Kier alpha value is -1.06. The molecule has 130 valence electrons. The average Bonchev–Trinajstić information content (AvgIpc) is 2.45. The van der Waals surface area contributed by atoms with Crippen molar-refractivity contribution < 1.29 is 9.59 Å². The van der Waals surface area contributed by atoms with Gasteiger partial charge >= 0.3 is 0 Å². The highest BCUT2D eigenvalue weighted by Gasteiger charge is 2.23. The lowest BCUT2D eigenvalue weighted by Gasteiger charge is -2.22. The van der Waals surface area contributed by atoms with Crippen LogP contribution in [0.1, 0.15) is 86.0 Å². The number of amides is 2. The third-order valence-electron chi connectivity index (χ3n) is 3.85. The molecule has 0 heterocycles. The van der Waals surface area contributed by atoms with E-state index in [1.54, 1.807) is 0 Å². The van der Waals surface area contributed by atoms with E-state index in [9.17, 15) is 9.59 Å². The minimum Gasteiger partial charge on any atom is -0.352 e. The second-order valence-corrected chi connectivity index (χ2v) is 6.62. The smallest absolute Gasteiger partial charge is 0.242 e. The molecule has 0 rings (SSSR count). The third-order valence-corrected chi connectivity index (χ3v) is 3.85. The number of unbranched alkanes of at least 4 members (excludes halogenated alkanes) is 4. The lowest BCUT2D eigenvalue weighted by Crippen LogP contribution is -2.49.